The van der Waals surface area contributed by atoms with Crippen molar-refractivity contribution in [1.29, 1.82) is 0 Å². The molecule has 0 amide bonds. The molecule has 4 nitrogen and oxygen atoms in total. The Morgan fingerprint density at radius 2 is 1.17 bits per heavy atom. The normalized spacial score (nSPS) is 9.33. The van der Waals surface area contributed by atoms with Crippen LogP contribution in [0.4, 0.5) is 0 Å². The number of carbonyl (C=O) groups is 2. The van der Waals surface area contributed by atoms with Crippen LogP contribution in [0.15, 0.2) is 12.2 Å². The average Bonchev–Trinajstić information content (AvgIpc) is 1.82. The fraction of sp³-hybridized carbons (Fsp3) is 0.429. The molecular formula is C7H14O4Si. The molecule has 0 aromatic carbocycles. The summed E-state index contributed by atoms with van der Waals surface area (Å²) in [5, 5.41) is 15.6. The van der Waals surface area contributed by atoms with Gasteiger partial charge in [0.2, 0.25) is 0 Å². The summed E-state index contributed by atoms with van der Waals surface area (Å²) in [5.41, 5.74) is 0. The van der Waals surface area contributed by atoms with Gasteiger partial charge in [-0.25, -0.2) is 9.59 Å². The molecule has 0 aromatic heterocycles. The SMILES string of the molecule is C[SiH](C)C.O=C(O)/C=C\C(=O)O. The maximum Gasteiger partial charge on any atom is 0.328 e. The van der Waals surface area contributed by atoms with Crippen LogP contribution in [0.1, 0.15) is 0 Å². The summed E-state index contributed by atoms with van der Waals surface area (Å²) in [4.78, 5) is 19.1. The lowest BCUT2D eigenvalue weighted by atomic mass is 10.5. The van der Waals surface area contributed by atoms with Gasteiger partial charge in [0.15, 0.2) is 0 Å². The van der Waals surface area contributed by atoms with E-state index < -0.39 is 11.9 Å². The highest BCUT2D eigenvalue weighted by Crippen LogP contribution is 1.70. The molecule has 0 fully saturated rings. The van der Waals surface area contributed by atoms with Gasteiger partial charge in [0.1, 0.15) is 0 Å². The van der Waals surface area contributed by atoms with E-state index in [1.807, 2.05) is 0 Å². The molecule has 0 spiro atoms. The van der Waals surface area contributed by atoms with Crippen LogP contribution >= 0.6 is 0 Å². The lowest BCUT2D eigenvalue weighted by Gasteiger charge is -1.75. The summed E-state index contributed by atoms with van der Waals surface area (Å²) >= 11 is 0. The molecule has 0 aliphatic rings. The second-order valence-corrected chi connectivity index (χ2v) is 6.21. The Bertz CT molecular complexity index is 155. The van der Waals surface area contributed by atoms with Crippen molar-refractivity contribution < 1.29 is 19.8 Å². The van der Waals surface area contributed by atoms with Crippen molar-refractivity contribution in [3.8, 4) is 0 Å². The summed E-state index contributed by atoms with van der Waals surface area (Å²) in [6.45, 7) is 6.92. The second kappa shape index (κ2) is 8.00. The number of aliphatic carboxylic acids is 2. The van der Waals surface area contributed by atoms with E-state index in [4.69, 9.17) is 10.2 Å². The van der Waals surface area contributed by atoms with Gasteiger partial charge in [-0.1, -0.05) is 19.6 Å². The molecule has 0 rings (SSSR count). The minimum absolute atomic E-state index is 0.139. The molecule has 0 aliphatic heterocycles. The van der Waals surface area contributed by atoms with Crippen LogP contribution in [-0.2, 0) is 9.59 Å². The third-order valence-corrected chi connectivity index (χ3v) is 0.368. The van der Waals surface area contributed by atoms with E-state index in [0.29, 0.717) is 12.2 Å². The minimum Gasteiger partial charge on any atom is -0.478 e. The number of carboxylic acid groups (broad SMARTS) is 2. The Morgan fingerprint density at radius 1 is 1.00 bits per heavy atom. The minimum atomic E-state index is -1.26. The van der Waals surface area contributed by atoms with Gasteiger partial charge in [-0.2, -0.15) is 0 Å². The molecule has 0 saturated heterocycles. The predicted octanol–water partition coefficient (Wildman–Crippen LogP) is 0.815. The monoisotopic (exact) mass is 190 g/mol. The first-order valence-corrected chi connectivity index (χ1v) is 6.96. The number of carboxylic acids is 2. The average molecular weight is 190 g/mol. The van der Waals surface area contributed by atoms with Crippen molar-refractivity contribution in [3.05, 3.63) is 12.2 Å². The Kier molecular flexibility index (Phi) is 8.99. The molecule has 5 heteroatoms. The Hall–Kier alpha value is -1.10. The summed E-state index contributed by atoms with van der Waals surface area (Å²) in [6.07, 6.45) is 1.12. The standard InChI is InChI=1S/C4H4O4.C3H10Si/c5-3(6)1-2-4(7)8;1-4(2)3/h1-2H,(H,5,6)(H,7,8);4H,1-3H3/b2-1-;. The molecular weight excluding hydrogens is 176 g/mol. The van der Waals surface area contributed by atoms with Gasteiger partial charge < -0.3 is 10.2 Å². The third kappa shape index (κ3) is 36.5. The van der Waals surface area contributed by atoms with Crippen LogP contribution in [0.25, 0.3) is 0 Å². The summed E-state index contributed by atoms with van der Waals surface area (Å²) < 4.78 is 0. The van der Waals surface area contributed by atoms with E-state index in [2.05, 4.69) is 19.6 Å². The zero-order chi connectivity index (χ0) is 10.1. The van der Waals surface area contributed by atoms with E-state index in [-0.39, 0.29) is 8.80 Å². The fourth-order valence-corrected chi connectivity index (χ4v) is 0.143. The van der Waals surface area contributed by atoms with Gasteiger partial charge in [0.05, 0.1) is 0 Å². The topological polar surface area (TPSA) is 74.6 Å². The molecule has 2 N–H and O–H groups in total. The van der Waals surface area contributed by atoms with Crippen LogP contribution in [0.5, 0.6) is 0 Å². The summed E-state index contributed by atoms with van der Waals surface area (Å²) in [7, 11) is -0.139. The highest BCUT2D eigenvalue weighted by atomic mass is 28.3. The number of hydrogen-bond acceptors (Lipinski definition) is 2. The molecule has 0 aliphatic carbocycles. The summed E-state index contributed by atoms with van der Waals surface area (Å²) in [6, 6.07) is 0. The molecule has 0 unspecified atom stereocenters. The van der Waals surface area contributed by atoms with Gasteiger partial charge in [-0.3, -0.25) is 0 Å². The number of hydrogen-bond donors (Lipinski definition) is 2. The molecule has 0 aromatic rings. The zero-order valence-corrected chi connectivity index (χ0v) is 8.60. The lowest BCUT2D eigenvalue weighted by molar-refractivity contribution is -0.134. The third-order valence-electron chi connectivity index (χ3n) is 0.368. The molecule has 0 bridgehead atoms. The van der Waals surface area contributed by atoms with Crippen molar-refractivity contribution in [2.24, 2.45) is 0 Å². The van der Waals surface area contributed by atoms with Gasteiger partial charge in [0.25, 0.3) is 0 Å². The van der Waals surface area contributed by atoms with Crippen molar-refractivity contribution in [2.45, 2.75) is 19.6 Å². The van der Waals surface area contributed by atoms with Gasteiger partial charge in [-0.05, 0) is 0 Å². The van der Waals surface area contributed by atoms with E-state index in [1.54, 1.807) is 0 Å². The maximum absolute atomic E-state index is 9.55. The highest BCUT2D eigenvalue weighted by molar-refractivity contribution is 6.54. The Balaban J connectivity index is 0. The molecule has 0 saturated carbocycles. The van der Waals surface area contributed by atoms with Crippen molar-refractivity contribution in [1.82, 2.24) is 0 Å². The molecule has 0 heterocycles. The molecule has 0 radical (unpaired) electrons. The fourth-order valence-electron chi connectivity index (χ4n) is 0.143. The van der Waals surface area contributed by atoms with E-state index in [1.165, 1.54) is 0 Å². The highest BCUT2D eigenvalue weighted by Gasteiger charge is 1.88. The smallest absolute Gasteiger partial charge is 0.328 e. The van der Waals surface area contributed by atoms with Gasteiger partial charge in [-0.15, -0.1) is 0 Å². The maximum atomic E-state index is 9.55. The Morgan fingerprint density at radius 3 is 1.25 bits per heavy atom. The van der Waals surface area contributed by atoms with Gasteiger partial charge >= 0.3 is 11.9 Å². The molecule has 0 atom stereocenters. The van der Waals surface area contributed by atoms with Crippen molar-refractivity contribution in [2.75, 3.05) is 0 Å². The lowest BCUT2D eigenvalue weighted by Crippen LogP contribution is -1.91. The first-order valence-electron chi connectivity index (χ1n) is 3.50. The van der Waals surface area contributed by atoms with Crippen LogP contribution in [0.3, 0.4) is 0 Å². The van der Waals surface area contributed by atoms with Crippen molar-refractivity contribution >= 4 is 20.7 Å². The second-order valence-electron chi connectivity index (χ2n) is 2.74. The van der Waals surface area contributed by atoms with Crippen molar-refractivity contribution in [3.63, 3.8) is 0 Å². The Labute approximate surface area is 73.1 Å². The van der Waals surface area contributed by atoms with E-state index in [9.17, 15) is 9.59 Å². The first-order chi connectivity index (χ1) is 5.36. The largest absolute Gasteiger partial charge is 0.478 e. The summed E-state index contributed by atoms with van der Waals surface area (Å²) in [5.74, 6) is -2.51. The number of rotatable bonds is 2. The first kappa shape index (κ1) is 13.5. The van der Waals surface area contributed by atoms with Crippen LogP contribution in [-0.4, -0.2) is 30.9 Å². The van der Waals surface area contributed by atoms with Crippen LogP contribution in [0, 0.1) is 0 Å². The quantitative estimate of drug-likeness (QED) is 0.499. The predicted molar refractivity (Wildman–Crippen MR) is 49.2 cm³/mol. The zero-order valence-electron chi connectivity index (χ0n) is 7.44. The van der Waals surface area contributed by atoms with E-state index >= 15 is 0 Å². The van der Waals surface area contributed by atoms with Gasteiger partial charge in [0, 0.05) is 20.9 Å². The van der Waals surface area contributed by atoms with E-state index in [0.717, 1.165) is 0 Å². The molecule has 12 heavy (non-hydrogen) atoms. The van der Waals surface area contributed by atoms with Crippen LogP contribution < -0.4 is 0 Å². The van der Waals surface area contributed by atoms with Crippen LogP contribution in [0.2, 0.25) is 19.6 Å². The molecule has 70 valence electrons.